The van der Waals surface area contributed by atoms with Crippen molar-refractivity contribution < 1.29 is 4.74 Å². The van der Waals surface area contributed by atoms with Gasteiger partial charge in [0.15, 0.2) is 5.82 Å². The Morgan fingerprint density at radius 1 is 1.41 bits per heavy atom. The van der Waals surface area contributed by atoms with Crippen LogP contribution in [0.4, 0.5) is 0 Å². The van der Waals surface area contributed by atoms with Gasteiger partial charge < -0.3 is 10.5 Å². The summed E-state index contributed by atoms with van der Waals surface area (Å²) < 4.78 is 7.78. The first-order valence-electron chi connectivity index (χ1n) is 6.55. The lowest BCUT2D eigenvalue weighted by atomic mass is 10.1. The van der Waals surface area contributed by atoms with Crippen molar-refractivity contribution in [3.05, 3.63) is 12.2 Å². The second-order valence-corrected chi connectivity index (χ2v) is 4.64. The highest BCUT2D eigenvalue weighted by Gasteiger charge is 2.21. The van der Waals surface area contributed by atoms with Crippen molar-refractivity contribution in [2.24, 2.45) is 5.73 Å². The summed E-state index contributed by atoms with van der Waals surface area (Å²) in [6.07, 6.45) is 7.63. The molecular formula is C12H22N4O. The number of ether oxygens (including phenoxy) is 1. The van der Waals surface area contributed by atoms with Gasteiger partial charge in [0, 0.05) is 12.6 Å². The minimum absolute atomic E-state index is 0.176. The van der Waals surface area contributed by atoms with Crippen LogP contribution in [0.25, 0.3) is 0 Å². The van der Waals surface area contributed by atoms with Crippen molar-refractivity contribution in [2.75, 3.05) is 0 Å². The lowest BCUT2D eigenvalue weighted by Gasteiger charge is -2.21. The molecule has 96 valence electrons. The number of aryl methyl sites for hydroxylation is 1. The van der Waals surface area contributed by atoms with E-state index in [0.717, 1.165) is 25.2 Å². The molecule has 0 aliphatic heterocycles. The third-order valence-corrected chi connectivity index (χ3v) is 3.43. The molecule has 0 aromatic carbocycles. The fraction of sp³-hybridized carbons (Fsp3) is 0.833. The van der Waals surface area contributed by atoms with Crippen LogP contribution in [0.2, 0.25) is 0 Å². The highest BCUT2D eigenvalue weighted by molar-refractivity contribution is 4.83. The summed E-state index contributed by atoms with van der Waals surface area (Å²) in [6, 6.07) is 0.176. The van der Waals surface area contributed by atoms with Crippen molar-refractivity contribution in [3.63, 3.8) is 0 Å². The Kier molecular flexibility index (Phi) is 4.50. The topological polar surface area (TPSA) is 66.0 Å². The molecule has 0 radical (unpaired) electrons. The van der Waals surface area contributed by atoms with E-state index in [4.69, 9.17) is 10.5 Å². The first kappa shape index (κ1) is 12.5. The fourth-order valence-electron chi connectivity index (χ4n) is 2.35. The van der Waals surface area contributed by atoms with Crippen LogP contribution in [-0.2, 0) is 17.9 Å². The minimum Gasteiger partial charge on any atom is -0.369 e. The SMILES string of the molecule is CCn1ncnc1COC1CCCCCC1N. The van der Waals surface area contributed by atoms with Crippen LogP contribution in [0.1, 0.15) is 44.9 Å². The summed E-state index contributed by atoms with van der Waals surface area (Å²) in [7, 11) is 0. The van der Waals surface area contributed by atoms with Crippen LogP contribution >= 0.6 is 0 Å². The van der Waals surface area contributed by atoms with E-state index in [9.17, 15) is 0 Å². The molecule has 5 heteroatoms. The van der Waals surface area contributed by atoms with Crippen LogP contribution in [0, 0.1) is 0 Å². The van der Waals surface area contributed by atoms with Crippen molar-refractivity contribution in [1.82, 2.24) is 14.8 Å². The van der Waals surface area contributed by atoms with E-state index >= 15 is 0 Å². The average Bonchev–Trinajstić information content (AvgIpc) is 2.70. The molecule has 2 rings (SSSR count). The Morgan fingerprint density at radius 2 is 2.24 bits per heavy atom. The summed E-state index contributed by atoms with van der Waals surface area (Å²) in [6.45, 7) is 3.40. The number of nitrogens with two attached hydrogens (primary N) is 1. The largest absolute Gasteiger partial charge is 0.369 e. The molecule has 1 aliphatic rings. The zero-order valence-corrected chi connectivity index (χ0v) is 10.5. The maximum Gasteiger partial charge on any atom is 0.152 e. The van der Waals surface area contributed by atoms with Gasteiger partial charge in [-0.3, -0.25) is 0 Å². The van der Waals surface area contributed by atoms with Gasteiger partial charge in [-0.15, -0.1) is 0 Å². The van der Waals surface area contributed by atoms with Crippen LogP contribution in [0.3, 0.4) is 0 Å². The predicted octanol–water partition coefficient (Wildman–Crippen LogP) is 1.47. The van der Waals surface area contributed by atoms with Gasteiger partial charge in [-0.25, -0.2) is 9.67 Å². The van der Waals surface area contributed by atoms with Gasteiger partial charge in [0.1, 0.15) is 12.9 Å². The lowest BCUT2D eigenvalue weighted by Crippen LogP contribution is -2.35. The quantitative estimate of drug-likeness (QED) is 0.807. The highest BCUT2D eigenvalue weighted by atomic mass is 16.5. The number of rotatable bonds is 4. The van der Waals surface area contributed by atoms with E-state index < -0.39 is 0 Å². The normalized spacial score (nSPS) is 25.8. The lowest BCUT2D eigenvalue weighted by molar-refractivity contribution is 0.0143. The van der Waals surface area contributed by atoms with Crippen molar-refractivity contribution >= 4 is 0 Å². The van der Waals surface area contributed by atoms with E-state index in [1.54, 1.807) is 6.33 Å². The molecule has 1 aliphatic carbocycles. The van der Waals surface area contributed by atoms with Crippen molar-refractivity contribution in [1.29, 1.82) is 0 Å². The molecule has 0 spiro atoms. The molecule has 2 atom stereocenters. The second kappa shape index (κ2) is 6.12. The van der Waals surface area contributed by atoms with E-state index in [1.807, 2.05) is 4.68 Å². The molecule has 0 bridgehead atoms. The number of aromatic nitrogens is 3. The monoisotopic (exact) mass is 238 g/mol. The smallest absolute Gasteiger partial charge is 0.152 e. The Balaban J connectivity index is 1.88. The van der Waals surface area contributed by atoms with Gasteiger partial charge in [0.05, 0.1) is 6.10 Å². The zero-order valence-electron chi connectivity index (χ0n) is 10.5. The summed E-state index contributed by atoms with van der Waals surface area (Å²) in [5, 5.41) is 4.13. The van der Waals surface area contributed by atoms with E-state index in [2.05, 4.69) is 17.0 Å². The van der Waals surface area contributed by atoms with E-state index in [-0.39, 0.29) is 12.1 Å². The van der Waals surface area contributed by atoms with Gasteiger partial charge in [-0.2, -0.15) is 5.10 Å². The molecule has 17 heavy (non-hydrogen) atoms. The van der Waals surface area contributed by atoms with E-state index in [0.29, 0.717) is 6.61 Å². The van der Waals surface area contributed by atoms with Crippen LogP contribution in [0.15, 0.2) is 6.33 Å². The maximum atomic E-state index is 6.12. The zero-order chi connectivity index (χ0) is 12.1. The molecule has 0 saturated heterocycles. The summed E-state index contributed by atoms with van der Waals surface area (Å²) in [5.74, 6) is 0.893. The number of hydrogen-bond acceptors (Lipinski definition) is 4. The van der Waals surface area contributed by atoms with Gasteiger partial charge in [-0.05, 0) is 19.8 Å². The fourth-order valence-corrected chi connectivity index (χ4v) is 2.35. The molecule has 1 heterocycles. The number of hydrogen-bond donors (Lipinski definition) is 1. The van der Waals surface area contributed by atoms with Crippen LogP contribution in [0.5, 0.6) is 0 Å². The molecular weight excluding hydrogens is 216 g/mol. The summed E-state index contributed by atoms with van der Waals surface area (Å²) >= 11 is 0. The molecule has 1 aromatic rings. The standard InChI is InChI=1S/C12H22N4O/c1-2-16-12(14-9-15-16)8-17-11-7-5-3-4-6-10(11)13/h9-11H,2-8,13H2,1H3. The first-order valence-corrected chi connectivity index (χ1v) is 6.55. The summed E-state index contributed by atoms with van der Waals surface area (Å²) in [4.78, 5) is 4.21. The highest BCUT2D eigenvalue weighted by Crippen LogP contribution is 2.20. The predicted molar refractivity (Wildman–Crippen MR) is 65.3 cm³/mol. The molecule has 2 unspecified atom stereocenters. The number of nitrogens with zero attached hydrogens (tertiary/aromatic N) is 3. The molecule has 5 nitrogen and oxygen atoms in total. The van der Waals surface area contributed by atoms with Crippen LogP contribution < -0.4 is 5.73 Å². The molecule has 1 fully saturated rings. The maximum absolute atomic E-state index is 6.12. The Labute approximate surface area is 102 Å². The Hall–Kier alpha value is -0.940. The second-order valence-electron chi connectivity index (χ2n) is 4.64. The Bertz CT molecular complexity index is 339. The van der Waals surface area contributed by atoms with Gasteiger partial charge in [0.25, 0.3) is 0 Å². The van der Waals surface area contributed by atoms with Gasteiger partial charge in [0.2, 0.25) is 0 Å². The Morgan fingerprint density at radius 3 is 3.06 bits per heavy atom. The van der Waals surface area contributed by atoms with Crippen molar-refractivity contribution in [2.45, 2.75) is 64.3 Å². The van der Waals surface area contributed by atoms with Gasteiger partial charge >= 0.3 is 0 Å². The summed E-state index contributed by atoms with van der Waals surface area (Å²) in [5.41, 5.74) is 6.12. The third-order valence-electron chi connectivity index (χ3n) is 3.43. The molecule has 1 saturated carbocycles. The molecule has 2 N–H and O–H groups in total. The van der Waals surface area contributed by atoms with E-state index in [1.165, 1.54) is 19.3 Å². The molecule has 1 aromatic heterocycles. The van der Waals surface area contributed by atoms with Crippen LogP contribution in [-0.4, -0.2) is 26.9 Å². The van der Waals surface area contributed by atoms with Crippen molar-refractivity contribution in [3.8, 4) is 0 Å². The first-order chi connectivity index (χ1) is 8.31. The molecule has 0 amide bonds. The third kappa shape index (κ3) is 3.26. The minimum atomic E-state index is 0.176. The average molecular weight is 238 g/mol. The van der Waals surface area contributed by atoms with Gasteiger partial charge in [-0.1, -0.05) is 19.3 Å².